The Morgan fingerprint density at radius 1 is 0.769 bits per heavy atom. The Hall–Kier alpha value is -3.39. The van der Waals surface area contributed by atoms with Crippen LogP contribution in [0.5, 0.6) is 0 Å². The highest BCUT2D eigenvalue weighted by Gasteiger charge is 2.47. The highest BCUT2D eigenvalue weighted by molar-refractivity contribution is 5.78. The molecule has 26 heavy (non-hydrogen) atoms. The first-order valence-electron chi connectivity index (χ1n) is 8.21. The van der Waals surface area contributed by atoms with Crippen LogP contribution in [0.25, 0.3) is 0 Å². The summed E-state index contributed by atoms with van der Waals surface area (Å²) in [7, 11) is 0. The minimum Gasteiger partial charge on any atom is -0.245 e. The zero-order chi connectivity index (χ0) is 18.4. The van der Waals surface area contributed by atoms with E-state index >= 15 is 0 Å². The topological polar surface area (TPSA) is 95.2 Å². The molecule has 1 aliphatic heterocycles. The number of hydrogen-bond donors (Lipinski definition) is 2. The third-order valence-corrected chi connectivity index (χ3v) is 4.12. The van der Waals surface area contributed by atoms with E-state index in [4.69, 9.17) is 0 Å². The fourth-order valence-corrected chi connectivity index (χ4v) is 2.77. The molecular formula is C19H18N6O. The van der Waals surface area contributed by atoms with Gasteiger partial charge in [0.05, 0.1) is 12.1 Å². The Morgan fingerprint density at radius 2 is 1.15 bits per heavy atom. The molecule has 130 valence electrons. The molecule has 7 heteroatoms. The predicted molar refractivity (Wildman–Crippen MR) is 94.4 cm³/mol. The van der Waals surface area contributed by atoms with Gasteiger partial charge in [-0.3, -0.25) is 0 Å². The van der Waals surface area contributed by atoms with Crippen LogP contribution >= 0.6 is 0 Å². The molecule has 2 amide bonds. The lowest BCUT2D eigenvalue weighted by Gasteiger charge is -2.20. The second-order valence-corrected chi connectivity index (χ2v) is 5.81. The van der Waals surface area contributed by atoms with Gasteiger partial charge in [-0.05, 0) is 11.1 Å². The molecule has 1 aliphatic rings. The minimum absolute atomic E-state index is 0.384. The summed E-state index contributed by atoms with van der Waals surface area (Å²) < 4.78 is 0. The van der Waals surface area contributed by atoms with E-state index in [-0.39, 0.29) is 0 Å². The first-order valence-corrected chi connectivity index (χ1v) is 8.21. The summed E-state index contributed by atoms with van der Waals surface area (Å²) in [4.78, 5) is 12.7. The van der Waals surface area contributed by atoms with E-state index < -0.39 is 18.1 Å². The highest BCUT2D eigenvalue weighted by atomic mass is 16.2. The second kappa shape index (κ2) is 8.13. The fraction of sp³-hybridized carbons (Fsp3) is 0.211. The quantitative estimate of drug-likeness (QED) is 0.833. The molecular weight excluding hydrogens is 328 g/mol. The number of rotatable bonds is 6. The normalized spacial score (nSPS) is 19.2. The molecule has 2 atom stereocenters. The van der Waals surface area contributed by atoms with E-state index in [0.717, 1.165) is 11.1 Å². The molecule has 2 aromatic rings. The molecule has 2 unspecified atom stereocenters. The number of amides is 2. The Bertz CT molecular complexity index is 757. The number of carbonyl (C=O) groups is 1. The number of hydrazine groups is 2. The lowest BCUT2D eigenvalue weighted by Crippen LogP contribution is -2.47. The average Bonchev–Trinajstić information content (AvgIpc) is 2.96. The first-order chi connectivity index (χ1) is 12.7. The molecule has 0 aliphatic carbocycles. The van der Waals surface area contributed by atoms with Crippen LogP contribution in [0.2, 0.25) is 0 Å². The Labute approximate surface area is 152 Å². The van der Waals surface area contributed by atoms with Crippen LogP contribution in [-0.4, -0.2) is 28.1 Å². The van der Waals surface area contributed by atoms with Crippen molar-refractivity contribution in [2.75, 3.05) is 0 Å². The SMILES string of the molecule is N#CC1C(C#N)N(NCc2ccccc2)C(=O)N1NCc1ccccc1. The van der Waals surface area contributed by atoms with Gasteiger partial charge >= 0.3 is 6.03 Å². The van der Waals surface area contributed by atoms with E-state index in [1.54, 1.807) is 0 Å². The second-order valence-electron chi connectivity index (χ2n) is 5.81. The predicted octanol–water partition coefficient (Wildman–Crippen LogP) is 1.92. The van der Waals surface area contributed by atoms with Crippen molar-refractivity contribution in [2.24, 2.45) is 0 Å². The van der Waals surface area contributed by atoms with Gasteiger partial charge < -0.3 is 0 Å². The van der Waals surface area contributed by atoms with Crippen molar-refractivity contribution in [1.29, 1.82) is 10.5 Å². The molecule has 2 N–H and O–H groups in total. The maximum atomic E-state index is 12.7. The zero-order valence-electron chi connectivity index (χ0n) is 14.0. The third-order valence-electron chi connectivity index (χ3n) is 4.12. The van der Waals surface area contributed by atoms with Gasteiger partial charge in [0.1, 0.15) is 0 Å². The van der Waals surface area contributed by atoms with Crippen LogP contribution in [0.3, 0.4) is 0 Å². The van der Waals surface area contributed by atoms with Crippen LogP contribution in [0.1, 0.15) is 11.1 Å². The van der Waals surface area contributed by atoms with Crippen molar-refractivity contribution in [3.63, 3.8) is 0 Å². The Morgan fingerprint density at radius 3 is 1.50 bits per heavy atom. The van der Waals surface area contributed by atoms with Crippen molar-refractivity contribution < 1.29 is 4.79 Å². The Balaban J connectivity index is 1.71. The summed E-state index contributed by atoms with van der Waals surface area (Å²) in [5, 5.41) is 21.4. The number of benzene rings is 2. The molecule has 0 bridgehead atoms. The van der Waals surface area contributed by atoms with Crippen molar-refractivity contribution >= 4 is 6.03 Å². The zero-order valence-corrected chi connectivity index (χ0v) is 14.0. The van der Waals surface area contributed by atoms with Crippen LogP contribution in [0, 0.1) is 22.7 Å². The van der Waals surface area contributed by atoms with Gasteiger partial charge in [0.15, 0.2) is 12.1 Å². The largest absolute Gasteiger partial charge is 0.351 e. The summed E-state index contributed by atoms with van der Waals surface area (Å²) in [5.41, 5.74) is 7.89. The average molecular weight is 346 g/mol. The molecule has 1 saturated heterocycles. The summed E-state index contributed by atoms with van der Waals surface area (Å²) in [6, 6.07) is 20.9. The van der Waals surface area contributed by atoms with E-state index in [1.165, 1.54) is 10.0 Å². The van der Waals surface area contributed by atoms with Gasteiger partial charge in [0.2, 0.25) is 0 Å². The number of hydrogen-bond acceptors (Lipinski definition) is 5. The first kappa shape index (κ1) is 17.4. The molecule has 0 radical (unpaired) electrons. The van der Waals surface area contributed by atoms with E-state index in [1.807, 2.05) is 72.8 Å². The molecule has 0 saturated carbocycles. The van der Waals surface area contributed by atoms with Crippen LogP contribution in [0.4, 0.5) is 4.79 Å². The van der Waals surface area contributed by atoms with E-state index in [0.29, 0.717) is 13.1 Å². The van der Waals surface area contributed by atoms with Crippen LogP contribution < -0.4 is 10.9 Å². The Kier molecular flexibility index (Phi) is 5.45. The molecule has 3 rings (SSSR count). The number of nitriles is 2. The highest BCUT2D eigenvalue weighted by Crippen LogP contribution is 2.19. The molecule has 1 heterocycles. The third kappa shape index (κ3) is 3.65. The standard InChI is InChI=1S/C19H18N6O/c20-11-17-18(12-21)25(23-14-16-9-5-2-6-10-16)19(26)24(17)22-13-15-7-3-1-4-8-15/h1-10,17-18,22-23H,13-14H2. The number of nitrogens with zero attached hydrogens (tertiary/aromatic N) is 4. The van der Waals surface area contributed by atoms with Gasteiger partial charge in [-0.25, -0.2) is 25.7 Å². The summed E-state index contributed by atoms with van der Waals surface area (Å²) >= 11 is 0. The van der Waals surface area contributed by atoms with Gasteiger partial charge in [0, 0.05) is 13.1 Å². The molecule has 0 aromatic heterocycles. The van der Waals surface area contributed by atoms with Gasteiger partial charge in [-0.2, -0.15) is 10.5 Å². The van der Waals surface area contributed by atoms with Gasteiger partial charge in [0.25, 0.3) is 0 Å². The minimum atomic E-state index is -0.903. The number of nitrogens with one attached hydrogen (secondary N) is 2. The van der Waals surface area contributed by atoms with Crippen molar-refractivity contribution in [3.8, 4) is 12.1 Å². The van der Waals surface area contributed by atoms with Gasteiger partial charge in [-0.15, -0.1) is 0 Å². The summed E-state index contributed by atoms with van der Waals surface area (Å²) in [6.45, 7) is 0.769. The molecule has 2 aromatic carbocycles. The summed E-state index contributed by atoms with van der Waals surface area (Å²) in [5.74, 6) is 0. The maximum absolute atomic E-state index is 12.7. The summed E-state index contributed by atoms with van der Waals surface area (Å²) in [6.07, 6.45) is 0. The molecule has 0 spiro atoms. The van der Waals surface area contributed by atoms with Crippen molar-refractivity contribution in [1.82, 2.24) is 20.9 Å². The monoisotopic (exact) mass is 346 g/mol. The lowest BCUT2D eigenvalue weighted by atomic mass is 10.2. The van der Waals surface area contributed by atoms with E-state index in [9.17, 15) is 15.3 Å². The molecule has 7 nitrogen and oxygen atoms in total. The molecule has 1 fully saturated rings. The lowest BCUT2D eigenvalue weighted by molar-refractivity contribution is 0.152. The van der Waals surface area contributed by atoms with Crippen LogP contribution in [-0.2, 0) is 13.1 Å². The van der Waals surface area contributed by atoms with E-state index in [2.05, 4.69) is 10.9 Å². The maximum Gasteiger partial charge on any atom is 0.351 e. The number of carbonyl (C=O) groups excluding carboxylic acids is 1. The smallest absolute Gasteiger partial charge is 0.245 e. The van der Waals surface area contributed by atoms with Crippen molar-refractivity contribution in [2.45, 2.75) is 25.2 Å². The number of urea groups is 1. The van der Waals surface area contributed by atoms with Gasteiger partial charge in [-0.1, -0.05) is 60.7 Å². The van der Waals surface area contributed by atoms with Crippen molar-refractivity contribution in [3.05, 3.63) is 71.8 Å². The fourth-order valence-electron chi connectivity index (χ4n) is 2.77. The van der Waals surface area contributed by atoms with Crippen LogP contribution in [0.15, 0.2) is 60.7 Å².